The van der Waals surface area contributed by atoms with Gasteiger partial charge in [-0.1, -0.05) is 6.58 Å². The minimum Gasteiger partial charge on any atom is -0.456 e. The molecule has 2 aromatic rings. The standard InChI is InChI=1S/C25H30N2O3/c1-6-26(7-2)18-10-12-20-22(15-18)29-23-16-19(27(8-3)9-4)11-13-21(23)25(20)17(5)14-24(28)30-25/h10-13,15-16H,5-9,14H2,1-4H3. The second-order valence-electron chi connectivity index (χ2n) is 7.74. The van der Waals surface area contributed by atoms with Gasteiger partial charge in [-0.05, 0) is 57.5 Å². The molecule has 1 spiro atoms. The van der Waals surface area contributed by atoms with Crippen LogP contribution in [0.1, 0.15) is 45.2 Å². The Bertz CT molecular complexity index is 928. The second kappa shape index (κ2) is 7.71. The van der Waals surface area contributed by atoms with Gasteiger partial charge in [0.15, 0.2) is 5.60 Å². The minimum atomic E-state index is -0.983. The number of fused-ring (bicyclic) bond motifs is 4. The van der Waals surface area contributed by atoms with Crippen molar-refractivity contribution in [1.29, 1.82) is 0 Å². The molecule has 5 heteroatoms. The molecule has 0 aromatic heterocycles. The Labute approximate surface area is 178 Å². The summed E-state index contributed by atoms with van der Waals surface area (Å²) >= 11 is 0. The fraction of sp³-hybridized carbons (Fsp3) is 0.400. The molecule has 30 heavy (non-hydrogen) atoms. The van der Waals surface area contributed by atoms with Crippen LogP contribution in [-0.2, 0) is 15.1 Å². The molecule has 2 aliphatic rings. The summed E-state index contributed by atoms with van der Waals surface area (Å²) in [7, 11) is 0. The van der Waals surface area contributed by atoms with E-state index in [1.165, 1.54) is 0 Å². The van der Waals surface area contributed by atoms with Crippen LogP contribution in [0, 0.1) is 0 Å². The Kier molecular flexibility index (Phi) is 5.22. The van der Waals surface area contributed by atoms with Gasteiger partial charge in [0.25, 0.3) is 0 Å². The van der Waals surface area contributed by atoms with E-state index in [0.717, 1.165) is 65.8 Å². The van der Waals surface area contributed by atoms with Gasteiger partial charge < -0.3 is 19.3 Å². The molecule has 0 bridgehead atoms. The smallest absolute Gasteiger partial charge is 0.311 e. The molecule has 158 valence electrons. The van der Waals surface area contributed by atoms with Crippen molar-refractivity contribution in [1.82, 2.24) is 0 Å². The fourth-order valence-electron chi connectivity index (χ4n) is 4.68. The lowest BCUT2D eigenvalue weighted by Crippen LogP contribution is -2.33. The lowest BCUT2D eigenvalue weighted by Gasteiger charge is -2.37. The molecule has 0 N–H and O–H groups in total. The van der Waals surface area contributed by atoms with E-state index >= 15 is 0 Å². The molecular weight excluding hydrogens is 376 g/mol. The highest BCUT2D eigenvalue weighted by atomic mass is 16.6. The van der Waals surface area contributed by atoms with Crippen molar-refractivity contribution in [3.05, 3.63) is 59.7 Å². The number of benzene rings is 2. The molecule has 0 aliphatic carbocycles. The van der Waals surface area contributed by atoms with E-state index in [2.05, 4.69) is 68.3 Å². The zero-order chi connectivity index (χ0) is 21.5. The van der Waals surface area contributed by atoms with Crippen molar-refractivity contribution < 1.29 is 14.3 Å². The number of hydrogen-bond donors (Lipinski definition) is 0. The lowest BCUT2D eigenvalue weighted by molar-refractivity contribution is -0.146. The zero-order valence-corrected chi connectivity index (χ0v) is 18.3. The van der Waals surface area contributed by atoms with Gasteiger partial charge in [-0.3, -0.25) is 4.79 Å². The third-order valence-corrected chi connectivity index (χ3v) is 6.29. The molecule has 2 aromatic carbocycles. The van der Waals surface area contributed by atoms with Crippen LogP contribution in [-0.4, -0.2) is 32.1 Å². The lowest BCUT2D eigenvalue weighted by atomic mass is 9.78. The molecular formula is C25H30N2O3. The molecule has 0 unspecified atom stereocenters. The number of carbonyl (C=O) groups is 1. The number of anilines is 2. The first-order valence-electron chi connectivity index (χ1n) is 10.8. The number of ether oxygens (including phenoxy) is 2. The molecule has 1 fully saturated rings. The second-order valence-corrected chi connectivity index (χ2v) is 7.74. The van der Waals surface area contributed by atoms with Crippen LogP contribution in [0.25, 0.3) is 0 Å². The van der Waals surface area contributed by atoms with Gasteiger partial charge in [-0.25, -0.2) is 0 Å². The van der Waals surface area contributed by atoms with Crippen LogP contribution in [0.4, 0.5) is 11.4 Å². The SMILES string of the molecule is C=C1CC(=O)OC12c1ccc(N(CC)CC)cc1Oc1cc(N(CC)CC)ccc12. The van der Waals surface area contributed by atoms with Crippen LogP contribution >= 0.6 is 0 Å². The van der Waals surface area contributed by atoms with Crippen LogP contribution < -0.4 is 14.5 Å². The van der Waals surface area contributed by atoms with Crippen molar-refractivity contribution in [2.24, 2.45) is 0 Å². The highest BCUT2D eigenvalue weighted by molar-refractivity contribution is 5.82. The monoisotopic (exact) mass is 406 g/mol. The average Bonchev–Trinajstić information content (AvgIpc) is 3.04. The molecule has 0 radical (unpaired) electrons. The van der Waals surface area contributed by atoms with Gasteiger partial charge in [0.2, 0.25) is 0 Å². The van der Waals surface area contributed by atoms with Crippen LogP contribution in [0.2, 0.25) is 0 Å². The van der Waals surface area contributed by atoms with E-state index in [4.69, 9.17) is 9.47 Å². The van der Waals surface area contributed by atoms with Crippen LogP contribution in [0.5, 0.6) is 11.5 Å². The summed E-state index contributed by atoms with van der Waals surface area (Å²) in [5, 5.41) is 0. The molecule has 2 aliphatic heterocycles. The predicted molar refractivity (Wildman–Crippen MR) is 121 cm³/mol. The number of hydrogen-bond acceptors (Lipinski definition) is 5. The molecule has 5 nitrogen and oxygen atoms in total. The van der Waals surface area contributed by atoms with E-state index in [1.807, 2.05) is 12.1 Å². The van der Waals surface area contributed by atoms with Gasteiger partial charge in [-0.2, -0.15) is 0 Å². The van der Waals surface area contributed by atoms with Crippen molar-refractivity contribution in [3.8, 4) is 11.5 Å². The Morgan fingerprint density at radius 3 is 1.70 bits per heavy atom. The van der Waals surface area contributed by atoms with Gasteiger partial charge in [0, 0.05) is 60.8 Å². The first kappa shape index (κ1) is 20.3. The Hall–Kier alpha value is -2.95. The third kappa shape index (κ3) is 2.95. The molecule has 0 saturated carbocycles. The summed E-state index contributed by atoms with van der Waals surface area (Å²) in [6.45, 7) is 16.4. The Balaban J connectivity index is 1.90. The van der Waals surface area contributed by atoms with E-state index in [1.54, 1.807) is 0 Å². The number of carbonyl (C=O) groups excluding carboxylic acids is 1. The molecule has 2 heterocycles. The summed E-state index contributed by atoms with van der Waals surface area (Å²) in [5.74, 6) is 1.19. The van der Waals surface area contributed by atoms with E-state index in [9.17, 15) is 4.79 Å². The maximum Gasteiger partial charge on any atom is 0.311 e. The maximum absolute atomic E-state index is 12.3. The van der Waals surface area contributed by atoms with Crippen molar-refractivity contribution in [3.63, 3.8) is 0 Å². The quantitative estimate of drug-likeness (QED) is 0.485. The van der Waals surface area contributed by atoms with Crippen molar-refractivity contribution in [2.75, 3.05) is 36.0 Å². The van der Waals surface area contributed by atoms with Crippen molar-refractivity contribution in [2.45, 2.75) is 39.7 Å². The van der Waals surface area contributed by atoms with Gasteiger partial charge in [0.1, 0.15) is 11.5 Å². The minimum absolute atomic E-state index is 0.217. The topological polar surface area (TPSA) is 42.0 Å². The van der Waals surface area contributed by atoms with Crippen LogP contribution in [0.15, 0.2) is 48.6 Å². The fourth-order valence-corrected chi connectivity index (χ4v) is 4.68. The Morgan fingerprint density at radius 2 is 1.33 bits per heavy atom. The summed E-state index contributed by atoms with van der Waals surface area (Å²) in [6.07, 6.45) is 0.217. The summed E-state index contributed by atoms with van der Waals surface area (Å²) in [4.78, 5) is 16.9. The number of esters is 1. The van der Waals surface area contributed by atoms with Crippen molar-refractivity contribution >= 4 is 17.3 Å². The van der Waals surface area contributed by atoms with E-state index < -0.39 is 5.60 Å². The summed E-state index contributed by atoms with van der Waals surface area (Å²) in [5.41, 5.74) is 3.64. The summed E-state index contributed by atoms with van der Waals surface area (Å²) in [6, 6.07) is 12.3. The highest BCUT2D eigenvalue weighted by Crippen LogP contribution is 2.56. The molecule has 0 atom stereocenters. The number of nitrogens with zero attached hydrogens (tertiary/aromatic N) is 2. The molecule has 1 saturated heterocycles. The maximum atomic E-state index is 12.3. The first-order chi connectivity index (χ1) is 14.5. The number of rotatable bonds is 6. The molecule has 0 amide bonds. The zero-order valence-electron chi connectivity index (χ0n) is 18.3. The molecule has 4 rings (SSSR count). The van der Waals surface area contributed by atoms with Gasteiger partial charge in [-0.15, -0.1) is 0 Å². The summed E-state index contributed by atoms with van der Waals surface area (Å²) < 4.78 is 12.4. The van der Waals surface area contributed by atoms with E-state index in [0.29, 0.717) is 0 Å². The largest absolute Gasteiger partial charge is 0.456 e. The normalized spacial score (nSPS) is 16.0. The Morgan fingerprint density at radius 1 is 0.867 bits per heavy atom. The van der Waals surface area contributed by atoms with E-state index in [-0.39, 0.29) is 12.4 Å². The first-order valence-corrected chi connectivity index (χ1v) is 10.8. The van der Waals surface area contributed by atoms with Gasteiger partial charge >= 0.3 is 5.97 Å². The third-order valence-electron chi connectivity index (χ3n) is 6.29. The predicted octanol–water partition coefficient (Wildman–Crippen LogP) is 5.23. The average molecular weight is 407 g/mol. The van der Waals surface area contributed by atoms with Crippen LogP contribution in [0.3, 0.4) is 0 Å². The highest BCUT2D eigenvalue weighted by Gasteiger charge is 2.52. The van der Waals surface area contributed by atoms with Gasteiger partial charge in [0.05, 0.1) is 6.42 Å².